The average molecular weight is 356 g/mol. The third-order valence-electron chi connectivity index (χ3n) is 3.99. The number of carbonyl (C=O) groups is 3. The van der Waals surface area contributed by atoms with E-state index in [1.54, 1.807) is 4.98 Å². The van der Waals surface area contributed by atoms with Crippen LogP contribution in [0.3, 0.4) is 0 Å². The zero-order chi connectivity index (χ0) is 18.5. The van der Waals surface area contributed by atoms with Crippen LogP contribution in [-0.2, 0) is 19.1 Å². The van der Waals surface area contributed by atoms with Crippen molar-refractivity contribution in [3.8, 4) is 0 Å². The molecule has 5 unspecified atom stereocenters. The molecule has 4 N–H and O–H groups in total. The van der Waals surface area contributed by atoms with Crippen molar-refractivity contribution in [1.29, 1.82) is 0 Å². The second kappa shape index (κ2) is 5.91. The number of aliphatic hydroxyl groups is 1. The number of nitrogens with zero attached hydrogens (tertiary/aromatic N) is 1. The van der Waals surface area contributed by atoms with Gasteiger partial charge in [-0.25, -0.2) is 14.4 Å². The van der Waals surface area contributed by atoms with Gasteiger partial charge >= 0.3 is 17.6 Å². The van der Waals surface area contributed by atoms with Crippen molar-refractivity contribution in [3.05, 3.63) is 32.6 Å². The van der Waals surface area contributed by atoms with Crippen LogP contribution in [0.15, 0.2) is 15.8 Å². The van der Waals surface area contributed by atoms with Crippen molar-refractivity contribution in [3.63, 3.8) is 0 Å². The molecule has 0 aromatic carbocycles. The number of H-pyrrole nitrogens is 1. The minimum Gasteiger partial charge on any atom is -0.479 e. The molecule has 134 valence electrons. The molecular formula is C13H12N2O10. The molecule has 1 aromatic rings. The molecule has 3 rings (SSSR count). The Kier molecular flexibility index (Phi) is 4.02. The quantitative estimate of drug-likeness (QED) is 0.444. The highest BCUT2D eigenvalue weighted by molar-refractivity contribution is 5.90. The molecule has 0 radical (unpaired) electrons. The normalized spacial score (nSPS) is 31.6. The van der Waals surface area contributed by atoms with Crippen molar-refractivity contribution < 1.29 is 39.2 Å². The SMILES string of the molecule is O=C(O)c1cn(C2OC3C(=O)CC(C(=O)O)OC3C2O)c(=O)[nH]c1=O. The average Bonchev–Trinajstić information content (AvgIpc) is 2.85. The number of rotatable bonds is 3. The molecule has 0 spiro atoms. The standard InChI is InChI=1S/C13H12N2O10/c16-4-1-5(12(21)22)24-8-6(17)10(25-7(4)8)15-2-3(11(19)20)9(18)14-13(15)23/h2,5-8,10,17H,1H2,(H,19,20)(H,21,22)(H,14,18,23). The lowest BCUT2D eigenvalue weighted by molar-refractivity contribution is -0.174. The summed E-state index contributed by atoms with van der Waals surface area (Å²) < 4.78 is 11.0. The Morgan fingerprint density at radius 2 is 1.88 bits per heavy atom. The molecule has 2 aliphatic heterocycles. The number of nitrogens with one attached hydrogen (secondary N) is 1. The van der Waals surface area contributed by atoms with Gasteiger partial charge in [0.2, 0.25) is 0 Å². The van der Waals surface area contributed by atoms with Gasteiger partial charge in [-0.15, -0.1) is 0 Å². The summed E-state index contributed by atoms with van der Waals surface area (Å²) in [6.45, 7) is 0. The number of hydrogen-bond acceptors (Lipinski definition) is 8. The number of aromatic nitrogens is 2. The van der Waals surface area contributed by atoms with Gasteiger partial charge in [-0.1, -0.05) is 0 Å². The van der Waals surface area contributed by atoms with Crippen LogP contribution >= 0.6 is 0 Å². The smallest absolute Gasteiger partial charge is 0.342 e. The predicted molar refractivity (Wildman–Crippen MR) is 74.1 cm³/mol. The first-order valence-electron chi connectivity index (χ1n) is 7.04. The van der Waals surface area contributed by atoms with Gasteiger partial charge in [0.25, 0.3) is 5.56 Å². The second-order valence-electron chi connectivity index (χ2n) is 5.55. The number of aliphatic carboxylic acids is 1. The molecule has 0 saturated carbocycles. The summed E-state index contributed by atoms with van der Waals surface area (Å²) in [6, 6.07) is 0. The monoisotopic (exact) mass is 356 g/mol. The number of aromatic carboxylic acids is 1. The third-order valence-corrected chi connectivity index (χ3v) is 3.99. The summed E-state index contributed by atoms with van der Waals surface area (Å²) in [7, 11) is 0. The maximum Gasteiger partial charge on any atom is 0.342 e. The molecule has 2 fully saturated rings. The van der Waals surface area contributed by atoms with Gasteiger partial charge in [0.05, 0.1) is 0 Å². The van der Waals surface area contributed by atoms with E-state index in [2.05, 4.69) is 0 Å². The Labute approximate surface area is 137 Å². The Bertz CT molecular complexity index is 870. The Morgan fingerprint density at radius 1 is 1.20 bits per heavy atom. The predicted octanol–water partition coefficient (Wildman–Crippen LogP) is -2.70. The van der Waals surface area contributed by atoms with Crippen LogP contribution in [-0.4, -0.2) is 67.0 Å². The second-order valence-corrected chi connectivity index (χ2v) is 5.55. The largest absolute Gasteiger partial charge is 0.479 e. The van der Waals surface area contributed by atoms with Crippen molar-refractivity contribution >= 4 is 17.7 Å². The van der Waals surface area contributed by atoms with Gasteiger partial charge in [0.15, 0.2) is 18.1 Å². The highest BCUT2D eigenvalue weighted by atomic mass is 16.6. The van der Waals surface area contributed by atoms with Crippen LogP contribution in [0.25, 0.3) is 0 Å². The Hall–Kier alpha value is -2.83. The molecule has 1 aromatic heterocycles. The molecule has 3 heterocycles. The summed E-state index contributed by atoms with van der Waals surface area (Å²) in [5.74, 6) is -3.64. The number of ketones is 1. The van der Waals surface area contributed by atoms with E-state index in [0.717, 1.165) is 0 Å². The van der Waals surface area contributed by atoms with Gasteiger partial charge in [-0.05, 0) is 0 Å². The van der Waals surface area contributed by atoms with E-state index < -0.39 is 71.6 Å². The fourth-order valence-corrected chi connectivity index (χ4v) is 2.80. The van der Waals surface area contributed by atoms with Gasteiger partial charge < -0.3 is 24.8 Å². The molecule has 2 saturated heterocycles. The zero-order valence-corrected chi connectivity index (χ0v) is 12.3. The van der Waals surface area contributed by atoms with E-state index in [-0.39, 0.29) is 0 Å². The van der Waals surface area contributed by atoms with E-state index >= 15 is 0 Å². The number of carbonyl (C=O) groups excluding carboxylic acids is 1. The van der Waals surface area contributed by atoms with Crippen molar-refractivity contribution in [2.24, 2.45) is 0 Å². The molecule has 12 heteroatoms. The number of ether oxygens (including phenoxy) is 2. The van der Waals surface area contributed by atoms with E-state index in [9.17, 15) is 29.1 Å². The number of carboxylic acids is 2. The van der Waals surface area contributed by atoms with Crippen LogP contribution in [0.5, 0.6) is 0 Å². The molecular weight excluding hydrogens is 344 g/mol. The molecule has 25 heavy (non-hydrogen) atoms. The topological polar surface area (TPSA) is 185 Å². The highest BCUT2D eigenvalue weighted by Gasteiger charge is 2.54. The van der Waals surface area contributed by atoms with E-state index in [1.807, 2.05) is 0 Å². The van der Waals surface area contributed by atoms with Gasteiger partial charge in [0.1, 0.15) is 23.9 Å². The summed E-state index contributed by atoms with van der Waals surface area (Å²) >= 11 is 0. The number of carboxylic acid groups (broad SMARTS) is 2. The molecule has 0 aliphatic carbocycles. The minimum atomic E-state index is -1.64. The third kappa shape index (κ3) is 2.75. The molecule has 2 aliphatic rings. The number of fused-ring (bicyclic) bond motifs is 1. The number of aliphatic hydroxyl groups excluding tert-OH is 1. The number of hydrogen-bond donors (Lipinski definition) is 4. The highest BCUT2D eigenvalue weighted by Crippen LogP contribution is 2.35. The van der Waals surface area contributed by atoms with Gasteiger partial charge in [-0.3, -0.25) is 19.1 Å². The molecule has 0 bridgehead atoms. The number of Topliss-reactive ketones (excluding diaryl/α,β-unsaturated/α-hetero) is 1. The Morgan fingerprint density at radius 3 is 2.48 bits per heavy atom. The van der Waals surface area contributed by atoms with Crippen LogP contribution in [0.4, 0.5) is 0 Å². The zero-order valence-electron chi connectivity index (χ0n) is 12.3. The summed E-state index contributed by atoms with van der Waals surface area (Å²) in [5, 5.41) is 28.2. The first kappa shape index (κ1) is 17.0. The van der Waals surface area contributed by atoms with Crippen molar-refractivity contribution in [2.75, 3.05) is 0 Å². The first-order valence-corrected chi connectivity index (χ1v) is 7.04. The van der Waals surface area contributed by atoms with Crippen LogP contribution in [0.1, 0.15) is 23.0 Å². The van der Waals surface area contributed by atoms with Gasteiger partial charge in [0, 0.05) is 12.6 Å². The minimum absolute atomic E-state index is 0.475. The lowest BCUT2D eigenvalue weighted by atomic mass is 9.98. The molecule has 12 nitrogen and oxygen atoms in total. The van der Waals surface area contributed by atoms with E-state index in [0.29, 0.717) is 10.8 Å². The fourth-order valence-electron chi connectivity index (χ4n) is 2.80. The van der Waals surface area contributed by atoms with Gasteiger partial charge in [-0.2, -0.15) is 0 Å². The van der Waals surface area contributed by atoms with Crippen molar-refractivity contribution in [1.82, 2.24) is 9.55 Å². The van der Waals surface area contributed by atoms with E-state index in [4.69, 9.17) is 19.7 Å². The summed E-state index contributed by atoms with van der Waals surface area (Å²) in [6.07, 6.45) is -7.10. The number of aromatic amines is 1. The fraction of sp³-hybridized carbons (Fsp3) is 0.462. The maximum absolute atomic E-state index is 12.0. The van der Waals surface area contributed by atoms with E-state index in [1.165, 1.54) is 0 Å². The lowest BCUT2D eigenvalue weighted by Gasteiger charge is -2.28. The summed E-state index contributed by atoms with van der Waals surface area (Å²) in [5.41, 5.74) is -2.99. The summed E-state index contributed by atoms with van der Waals surface area (Å²) in [4.78, 5) is 59.2. The molecule has 5 atom stereocenters. The van der Waals surface area contributed by atoms with Crippen molar-refractivity contribution in [2.45, 2.75) is 37.1 Å². The Balaban J connectivity index is 1.98. The molecule has 0 amide bonds. The first-order chi connectivity index (χ1) is 11.7. The maximum atomic E-state index is 12.0. The van der Waals surface area contributed by atoms with Crippen LogP contribution in [0, 0.1) is 0 Å². The van der Waals surface area contributed by atoms with Crippen LogP contribution in [0.2, 0.25) is 0 Å². The van der Waals surface area contributed by atoms with Crippen LogP contribution < -0.4 is 11.2 Å². The lowest BCUT2D eigenvalue weighted by Crippen LogP contribution is -2.49.